The fourth-order valence-electron chi connectivity index (χ4n) is 4.06. The molecule has 0 saturated carbocycles. The van der Waals surface area contributed by atoms with Crippen LogP contribution >= 0.6 is 0 Å². The van der Waals surface area contributed by atoms with E-state index in [0.717, 1.165) is 0 Å². The van der Waals surface area contributed by atoms with Gasteiger partial charge in [0.1, 0.15) is 29.1 Å². The summed E-state index contributed by atoms with van der Waals surface area (Å²) < 4.78 is 33.6. The average Bonchev–Trinajstić information content (AvgIpc) is 2.87. The molecule has 0 unspecified atom stereocenters. The van der Waals surface area contributed by atoms with Crippen molar-refractivity contribution in [3.63, 3.8) is 0 Å². The van der Waals surface area contributed by atoms with Crippen LogP contribution in [0, 0.1) is 0 Å². The fraction of sp³-hybridized carbons (Fsp3) is 0.269. The minimum atomic E-state index is -0.834. The largest absolute Gasteiger partial charge is 0.508 e. The lowest BCUT2D eigenvalue weighted by molar-refractivity contribution is -0.0189. The van der Waals surface area contributed by atoms with Crippen molar-refractivity contribution in [2.75, 3.05) is 28.4 Å². The van der Waals surface area contributed by atoms with Crippen LogP contribution in [0.4, 0.5) is 0 Å². The number of rotatable bonds is 7. The lowest BCUT2D eigenvalue weighted by Gasteiger charge is -2.34. The Balaban J connectivity index is 1.77. The summed E-state index contributed by atoms with van der Waals surface area (Å²) in [5.41, 5.74) is 1.29. The lowest BCUT2D eigenvalue weighted by atomic mass is 9.93. The van der Waals surface area contributed by atoms with Crippen LogP contribution in [0.3, 0.4) is 0 Å². The lowest BCUT2D eigenvalue weighted by Crippen LogP contribution is -2.34. The van der Waals surface area contributed by atoms with E-state index in [1.165, 1.54) is 40.6 Å². The minimum Gasteiger partial charge on any atom is -0.508 e. The molecule has 0 saturated heterocycles. The van der Waals surface area contributed by atoms with Gasteiger partial charge in [-0.2, -0.15) is 0 Å². The third-order valence-corrected chi connectivity index (χ3v) is 5.75. The molecule has 0 fully saturated rings. The standard InChI is InChI=1S/C26H26O9/c1-30-17-7-5-6-14(8-17)26(29)35-23-13-18-19(28)11-16(27)12-20(18)34-24(23)15-9-21(31-2)25(33-4)22(10-15)32-3/h5-12,23-24,27-28H,13H2,1-4H3/t23-,24-/m1/s1. The number of ether oxygens (including phenoxy) is 6. The second-order valence-corrected chi connectivity index (χ2v) is 7.82. The maximum Gasteiger partial charge on any atom is 0.338 e. The Kier molecular flexibility index (Phi) is 6.77. The van der Waals surface area contributed by atoms with Crippen molar-refractivity contribution in [2.45, 2.75) is 18.6 Å². The maximum absolute atomic E-state index is 13.1. The van der Waals surface area contributed by atoms with Gasteiger partial charge in [-0.3, -0.25) is 0 Å². The van der Waals surface area contributed by atoms with Gasteiger partial charge in [-0.25, -0.2) is 4.79 Å². The van der Waals surface area contributed by atoms with E-state index in [0.29, 0.717) is 39.7 Å². The van der Waals surface area contributed by atoms with Crippen LogP contribution in [-0.2, 0) is 11.2 Å². The molecule has 184 valence electrons. The third kappa shape index (κ3) is 4.70. The summed E-state index contributed by atoms with van der Waals surface area (Å²) in [6, 6.07) is 12.6. The van der Waals surface area contributed by atoms with Crippen LogP contribution in [0.5, 0.6) is 40.2 Å². The van der Waals surface area contributed by atoms with Crippen LogP contribution in [0.1, 0.15) is 27.6 Å². The average molecular weight is 482 g/mol. The van der Waals surface area contributed by atoms with E-state index in [1.54, 1.807) is 36.4 Å². The fourth-order valence-corrected chi connectivity index (χ4v) is 4.06. The molecular weight excluding hydrogens is 456 g/mol. The monoisotopic (exact) mass is 482 g/mol. The topological polar surface area (TPSA) is 113 Å². The molecule has 1 heterocycles. The summed E-state index contributed by atoms with van der Waals surface area (Å²) in [5, 5.41) is 20.4. The normalized spacial score (nSPS) is 16.5. The number of phenolic OH excluding ortho intramolecular Hbond substituents is 2. The predicted molar refractivity (Wildman–Crippen MR) is 125 cm³/mol. The number of hydrogen-bond acceptors (Lipinski definition) is 9. The highest BCUT2D eigenvalue weighted by atomic mass is 16.6. The number of phenols is 2. The highest BCUT2D eigenvalue weighted by molar-refractivity contribution is 5.90. The van der Waals surface area contributed by atoms with Gasteiger partial charge in [0, 0.05) is 29.7 Å². The number of fused-ring (bicyclic) bond motifs is 1. The Bertz CT molecular complexity index is 1210. The van der Waals surface area contributed by atoms with Crippen LogP contribution in [0.25, 0.3) is 0 Å². The molecule has 9 nitrogen and oxygen atoms in total. The van der Waals surface area contributed by atoms with Crippen LogP contribution in [0.15, 0.2) is 48.5 Å². The van der Waals surface area contributed by atoms with E-state index in [2.05, 4.69) is 0 Å². The second kappa shape index (κ2) is 9.92. The first-order chi connectivity index (χ1) is 16.9. The molecule has 3 aromatic rings. The number of hydrogen-bond donors (Lipinski definition) is 2. The predicted octanol–water partition coefficient (Wildman–Crippen LogP) is 4.03. The summed E-state index contributed by atoms with van der Waals surface area (Å²) in [5.74, 6) is 1.07. The molecule has 2 atom stereocenters. The zero-order valence-corrected chi connectivity index (χ0v) is 19.7. The summed E-state index contributed by atoms with van der Waals surface area (Å²) in [4.78, 5) is 13.1. The molecule has 0 aromatic heterocycles. The van der Waals surface area contributed by atoms with Gasteiger partial charge >= 0.3 is 5.97 Å². The summed E-state index contributed by atoms with van der Waals surface area (Å²) in [6.45, 7) is 0. The van der Waals surface area contributed by atoms with Gasteiger partial charge in [-0.05, 0) is 30.3 Å². The summed E-state index contributed by atoms with van der Waals surface area (Å²) in [7, 11) is 6.00. The Labute approximate surface area is 202 Å². The van der Waals surface area contributed by atoms with E-state index < -0.39 is 18.2 Å². The first kappa shape index (κ1) is 23.9. The zero-order valence-electron chi connectivity index (χ0n) is 19.7. The number of carbonyl (C=O) groups is 1. The number of esters is 1. The summed E-state index contributed by atoms with van der Waals surface area (Å²) in [6.07, 6.45) is -1.51. The van der Waals surface area contributed by atoms with Crippen LogP contribution in [0.2, 0.25) is 0 Å². The first-order valence-corrected chi connectivity index (χ1v) is 10.7. The van der Waals surface area contributed by atoms with E-state index in [1.807, 2.05) is 0 Å². The molecule has 0 aliphatic carbocycles. The molecule has 0 bridgehead atoms. The van der Waals surface area contributed by atoms with Crippen molar-refractivity contribution in [3.8, 4) is 40.2 Å². The number of carbonyl (C=O) groups excluding carboxylic acids is 1. The van der Waals surface area contributed by atoms with Gasteiger partial charge in [0.25, 0.3) is 0 Å². The van der Waals surface area contributed by atoms with Crippen LogP contribution < -0.4 is 23.7 Å². The molecule has 4 rings (SSSR count). The Morgan fingerprint density at radius 2 is 1.63 bits per heavy atom. The Hall–Kier alpha value is -4.27. The van der Waals surface area contributed by atoms with Crippen molar-refractivity contribution in [1.29, 1.82) is 0 Å². The third-order valence-electron chi connectivity index (χ3n) is 5.75. The van der Waals surface area contributed by atoms with E-state index in [9.17, 15) is 15.0 Å². The van der Waals surface area contributed by atoms with Crippen LogP contribution in [-0.4, -0.2) is 50.7 Å². The number of methoxy groups -OCH3 is 4. The highest BCUT2D eigenvalue weighted by Gasteiger charge is 2.37. The molecule has 0 spiro atoms. The van der Waals surface area contributed by atoms with Gasteiger partial charge in [-0.15, -0.1) is 0 Å². The maximum atomic E-state index is 13.1. The van der Waals surface area contributed by atoms with Gasteiger partial charge in [-0.1, -0.05) is 6.07 Å². The van der Waals surface area contributed by atoms with Gasteiger partial charge in [0.2, 0.25) is 5.75 Å². The van der Waals surface area contributed by atoms with Crippen molar-refractivity contribution in [3.05, 3.63) is 65.2 Å². The van der Waals surface area contributed by atoms with Crippen molar-refractivity contribution in [2.24, 2.45) is 0 Å². The molecule has 9 heteroatoms. The Morgan fingerprint density at radius 3 is 2.26 bits per heavy atom. The zero-order chi connectivity index (χ0) is 25.1. The SMILES string of the molecule is COc1cccc(C(=O)O[C@@H]2Cc3c(O)cc(O)cc3O[C@@H]2c2cc(OC)c(OC)c(OC)c2)c1. The molecular formula is C26H26O9. The molecule has 35 heavy (non-hydrogen) atoms. The van der Waals surface area contributed by atoms with Gasteiger partial charge < -0.3 is 38.6 Å². The summed E-state index contributed by atoms with van der Waals surface area (Å²) >= 11 is 0. The molecule has 0 radical (unpaired) electrons. The van der Waals surface area contributed by atoms with E-state index in [-0.39, 0.29) is 23.7 Å². The molecule has 1 aliphatic rings. The Morgan fingerprint density at radius 1 is 0.914 bits per heavy atom. The van der Waals surface area contributed by atoms with Gasteiger partial charge in [0.15, 0.2) is 17.6 Å². The molecule has 1 aliphatic heterocycles. The smallest absolute Gasteiger partial charge is 0.338 e. The van der Waals surface area contributed by atoms with E-state index >= 15 is 0 Å². The quantitative estimate of drug-likeness (QED) is 0.482. The first-order valence-electron chi connectivity index (χ1n) is 10.7. The van der Waals surface area contributed by atoms with Crippen molar-refractivity contribution < 1.29 is 43.4 Å². The minimum absolute atomic E-state index is 0.137. The van der Waals surface area contributed by atoms with Gasteiger partial charge in [0.05, 0.1) is 34.0 Å². The van der Waals surface area contributed by atoms with E-state index in [4.69, 9.17) is 28.4 Å². The highest BCUT2D eigenvalue weighted by Crippen LogP contribution is 2.46. The number of benzene rings is 3. The van der Waals surface area contributed by atoms with Crippen molar-refractivity contribution >= 4 is 5.97 Å². The molecule has 3 aromatic carbocycles. The second-order valence-electron chi connectivity index (χ2n) is 7.82. The van der Waals surface area contributed by atoms with Crippen molar-refractivity contribution in [1.82, 2.24) is 0 Å². The number of aromatic hydroxyl groups is 2. The molecule has 2 N–H and O–H groups in total. The molecule has 0 amide bonds.